The Morgan fingerprint density at radius 1 is 1.14 bits per heavy atom. The van der Waals surface area contributed by atoms with Crippen LogP contribution in [-0.4, -0.2) is 37.0 Å². The van der Waals surface area contributed by atoms with Crippen LogP contribution in [0.4, 0.5) is 0 Å². The lowest BCUT2D eigenvalue weighted by Crippen LogP contribution is -2.27. The average Bonchev–Trinajstić information content (AvgIpc) is 3.24. The largest absolute Gasteiger partial charge is 0.351 e. The second kappa shape index (κ2) is 9.03. The molecule has 0 saturated heterocycles. The summed E-state index contributed by atoms with van der Waals surface area (Å²) in [4.78, 5) is 12.8. The highest BCUT2D eigenvalue weighted by Crippen LogP contribution is 2.15. The lowest BCUT2D eigenvalue weighted by molar-refractivity contribution is 0.0953. The van der Waals surface area contributed by atoms with E-state index in [4.69, 9.17) is 0 Å². The van der Waals surface area contributed by atoms with Gasteiger partial charge in [-0.1, -0.05) is 43.7 Å². The maximum absolute atomic E-state index is 12.8. The number of aromatic nitrogens is 5. The summed E-state index contributed by atoms with van der Waals surface area (Å²) in [5.74, 6) is 1.98. The molecule has 2 aromatic heterocycles. The van der Waals surface area contributed by atoms with Crippen LogP contribution in [0.25, 0.3) is 0 Å². The number of aryl methyl sites for hydroxylation is 1. The summed E-state index contributed by atoms with van der Waals surface area (Å²) < 4.78 is 4.15. The number of hydrogen-bond acceptors (Lipinski definition) is 4. The molecule has 0 unspecified atom stereocenters. The first-order valence-corrected chi connectivity index (χ1v) is 10.5. The summed E-state index contributed by atoms with van der Waals surface area (Å²) in [6.07, 6.45) is 7.73. The normalized spacial score (nSPS) is 13.7. The summed E-state index contributed by atoms with van der Waals surface area (Å²) in [7, 11) is 0. The van der Waals surface area contributed by atoms with Crippen LogP contribution in [-0.2, 0) is 32.4 Å². The lowest BCUT2D eigenvalue weighted by atomic mass is 10.1. The van der Waals surface area contributed by atoms with Gasteiger partial charge in [0.1, 0.15) is 11.6 Å². The predicted molar refractivity (Wildman–Crippen MR) is 111 cm³/mol. The van der Waals surface area contributed by atoms with Crippen LogP contribution in [0.2, 0.25) is 0 Å². The minimum atomic E-state index is -0.0724. The molecule has 0 radical (unpaired) electrons. The van der Waals surface area contributed by atoms with Crippen LogP contribution in [0, 0.1) is 0 Å². The second-order valence-electron chi connectivity index (χ2n) is 7.50. The lowest BCUT2D eigenvalue weighted by Gasteiger charge is -2.09. The van der Waals surface area contributed by atoms with Gasteiger partial charge >= 0.3 is 0 Å². The smallest absolute Gasteiger partial charge is 0.254 e. The van der Waals surface area contributed by atoms with E-state index >= 15 is 0 Å². The Bertz CT molecular complexity index is 959. The quantitative estimate of drug-likeness (QED) is 0.671. The summed E-state index contributed by atoms with van der Waals surface area (Å²) >= 11 is 0. The van der Waals surface area contributed by atoms with Gasteiger partial charge in [0.05, 0.1) is 24.0 Å². The van der Waals surface area contributed by atoms with E-state index in [2.05, 4.69) is 44.2 Å². The zero-order valence-corrected chi connectivity index (χ0v) is 17.0. The van der Waals surface area contributed by atoms with Crippen molar-refractivity contribution in [2.24, 2.45) is 0 Å². The highest BCUT2D eigenvalue weighted by molar-refractivity contribution is 5.95. The van der Waals surface area contributed by atoms with Crippen molar-refractivity contribution in [1.82, 2.24) is 29.9 Å². The van der Waals surface area contributed by atoms with Gasteiger partial charge < -0.3 is 9.88 Å². The molecule has 1 aromatic carbocycles. The number of rotatable bonds is 7. The topological polar surface area (TPSA) is 77.6 Å². The van der Waals surface area contributed by atoms with Crippen molar-refractivity contribution in [2.75, 3.05) is 6.54 Å². The second-order valence-corrected chi connectivity index (χ2v) is 7.50. The van der Waals surface area contributed by atoms with E-state index in [0.717, 1.165) is 36.7 Å². The highest BCUT2D eigenvalue weighted by Gasteiger charge is 2.18. The Morgan fingerprint density at radius 3 is 2.83 bits per heavy atom. The molecule has 3 heterocycles. The number of carbonyl (C=O) groups is 1. The van der Waals surface area contributed by atoms with E-state index in [1.807, 2.05) is 22.9 Å². The Kier molecular flexibility index (Phi) is 6.03. The minimum absolute atomic E-state index is 0.0724. The number of carbonyl (C=O) groups excluding carboxylic acids is 1. The molecule has 3 aromatic rings. The highest BCUT2D eigenvalue weighted by atomic mass is 16.1. The SMILES string of the molecule is CCc1c(C(=O)NCCc2nnc3n2CCCCC3)cnn1Cc1ccccc1. The molecule has 7 nitrogen and oxygen atoms in total. The predicted octanol–water partition coefficient (Wildman–Crippen LogP) is 2.78. The molecule has 4 rings (SSSR count). The maximum Gasteiger partial charge on any atom is 0.254 e. The first kappa shape index (κ1) is 19.4. The molecule has 0 saturated carbocycles. The van der Waals surface area contributed by atoms with Crippen molar-refractivity contribution in [3.8, 4) is 0 Å². The third kappa shape index (κ3) is 4.39. The van der Waals surface area contributed by atoms with Crippen LogP contribution in [0.3, 0.4) is 0 Å². The Morgan fingerprint density at radius 2 is 2.00 bits per heavy atom. The molecule has 152 valence electrons. The van der Waals surface area contributed by atoms with Crippen LogP contribution in [0.1, 0.15) is 59.5 Å². The monoisotopic (exact) mass is 392 g/mol. The first-order valence-electron chi connectivity index (χ1n) is 10.5. The standard InChI is InChI=1S/C22H28N6O/c1-2-19-18(15-24-28(19)16-17-9-5-3-6-10-17)22(29)23-13-12-21-26-25-20-11-7-4-8-14-27(20)21/h3,5-6,9-10,15H,2,4,7-8,11-14,16H2,1H3,(H,23,29). The van der Waals surface area contributed by atoms with E-state index in [1.54, 1.807) is 6.20 Å². The van der Waals surface area contributed by atoms with Crippen molar-refractivity contribution in [2.45, 2.75) is 58.5 Å². The van der Waals surface area contributed by atoms with Crippen molar-refractivity contribution >= 4 is 5.91 Å². The molecule has 29 heavy (non-hydrogen) atoms. The molecular formula is C22H28N6O. The Hall–Kier alpha value is -2.96. The third-order valence-electron chi connectivity index (χ3n) is 5.52. The van der Waals surface area contributed by atoms with E-state index in [0.29, 0.717) is 25.1 Å². The van der Waals surface area contributed by atoms with Crippen molar-refractivity contribution in [3.05, 3.63) is 65.0 Å². The Balaban J connectivity index is 1.38. The number of nitrogens with zero attached hydrogens (tertiary/aromatic N) is 5. The van der Waals surface area contributed by atoms with Gasteiger partial charge in [-0.2, -0.15) is 5.10 Å². The number of hydrogen-bond donors (Lipinski definition) is 1. The molecular weight excluding hydrogens is 364 g/mol. The fourth-order valence-electron chi connectivity index (χ4n) is 3.98. The molecule has 1 amide bonds. The van der Waals surface area contributed by atoms with Gasteiger partial charge in [-0.3, -0.25) is 9.48 Å². The van der Waals surface area contributed by atoms with Crippen LogP contribution in [0.15, 0.2) is 36.5 Å². The summed E-state index contributed by atoms with van der Waals surface area (Å²) in [6, 6.07) is 10.2. The summed E-state index contributed by atoms with van der Waals surface area (Å²) in [5, 5.41) is 16.2. The molecule has 1 aliphatic rings. The molecule has 0 atom stereocenters. The first-order chi connectivity index (χ1) is 14.3. The molecule has 1 N–H and O–H groups in total. The molecule has 7 heteroatoms. The fourth-order valence-corrected chi connectivity index (χ4v) is 3.98. The van der Waals surface area contributed by atoms with Crippen LogP contribution >= 0.6 is 0 Å². The van der Waals surface area contributed by atoms with Gasteiger partial charge in [0.2, 0.25) is 0 Å². The third-order valence-corrected chi connectivity index (χ3v) is 5.52. The van der Waals surface area contributed by atoms with E-state index in [9.17, 15) is 4.79 Å². The minimum Gasteiger partial charge on any atom is -0.351 e. The van der Waals surface area contributed by atoms with E-state index < -0.39 is 0 Å². The van der Waals surface area contributed by atoms with Crippen molar-refractivity contribution in [3.63, 3.8) is 0 Å². The molecule has 1 aliphatic heterocycles. The van der Waals surface area contributed by atoms with Gasteiger partial charge in [-0.05, 0) is 24.8 Å². The van der Waals surface area contributed by atoms with Gasteiger partial charge in [-0.15, -0.1) is 10.2 Å². The average molecular weight is 393 g/mol. The van der Waals surface area contributed by atoms with E-state index in [-0.39, 0.29) is 5.91 Å². The van der Waals surface area contributed by atoms with Crippen LogP contribution < -0.4 is 5.32 Å². The number of fused-ring (bicyclic) bond motifs is 1. The molecule has 0 fully saturated rings. The zero-order valence-electron chi connectivity index (χ0n) is 17.0. The van der Waals surface area contributed by atoms with Gasteiger partial charge in [0, 0.05) is 25.9 Å². The van der Waals surface area contributed by atoms with Gasteiger partial charge in [-0.25, -0.2) is 0 Å². The zero-order chi connectivity index (χ0) is 20.1. The maximum atomic E-state index is 12.8. The van der Waals surface area contributed by atoms with Crippen molar-refractivity contribution in [1.29, 1.82) is 0 Å². The summed E-state index contributed by atoms with van der Waals surface area (Å²) in [6.45, 7) is 4.26. The van der Waals surface area contributed by atoms with Gasteiger partial charge in [0.15, 0.2) is 0 Å². The Labute approximate surface area is 171 Å². The number of amides is 1. The molecule has 0 spiro atoms. The molecule has 0 aliphatic carbocycles. The van der Waals surface area contributed by atoms with Gasteiger partial charge in [0.25, 0.3) is 5.91 Å². The molecule has 0 bridgehead atoms. The number of nitrogens with one attached hydrogen (secondary N) is 1. The van der Waals surface area contributed by atoms with Crippen molar-refractivity contribution < 1.29 is 4.79 Å². The van der Waals surface area contributed by atoms with Crippen LogP contribution in [0.5, 0.6) is 0 Å². The number of benzene rings is 1. The fraction of sp³-hybridized carbons (Fsp3) is 0.455. The summed E-state index contributed by atoms with van der Waals surface area (Å²) in [5.41, 5.74) is 2.79. The van der Waals surface area contributed by atoms with E-state index in [1.165, 1.54) is 24.8 Å².